The molecule has 0 atom stereocenters. The predicted molar refractivity (Wildman–Crippen MR) is 112 cm³/mol. The summed E-state index contributed by atoms with van der Waals surface area (Å²) in [4.78, 5) is 15.2. The van der Waals surface area contributed by atoms with Crippen LogP contribution in [0.15, 0.2) is 29.2 Å². The van der Waals surface area contributed by atoms with E-state index in [1.54, 1.807) is 31.4 Å². The van der Waals surface area contributed by atoms with Crippen molar-refractivity contribution in [2.45, 2.75) is 43.4 Å². The zero-order valence-corrected chi connectivity index (χ0v) is 18.1. The van der Waals surface area contributed by atoms with Gasteiger partial charge in [0.2, 0.25) is 15.9 Å². The summed E-state index contributed by atoms with van der Waals surface area (Å²) >= 11 is 0. The Balaban J connectivity index is 1.41. The molecule has 162 valence electrons. The van der Waals surface area contributed by atoms with Gasteiger partial charge in [-0.25, -0.2) is 8.42 Å². The van der Waals surface area contributed by atoms with Crippen molar-refractivity contribution in [3.63, 3.8) is 0 Å². The van der Waals surface area contributed by atoms with Crippen molar-refractivity contribution in [1.29, 1.82) is 0 Å². The molecule has 0 aliphatic carbocycles. The van der Waals surface area contributed by atoms with Gasteiger partial charge in [-0.05, 0) is 76.0 Å². The number of sulfonamides is 1. The standard InChI is InChI=1S/C21H33N3O4S/c1-28-19-6-8-20(9-7-19)29(26,27)24-16-10-18(11-17-24)21(25)22-12-5-15-23-13-3-2-4-14-23/h6-9,18H,2-5,10-17H2,1H3,(H,22,25). The second-order valence-electron chi connectivity index (χ2n) is 7.90. The Morgan fingerprint density at radius 3 is 2.34 bits per heavy atom. The number of amides is 1. The normalized spacial score (nSPS) is 19.8. The third kappa shape index (κ3) is 5.93. The monoisotopic (exact) mass is 423 g/mol. The van der Waals surface area contributed by atoms with E-state index in [-0.39, 0.29) is 16.7 Å². The van der Waals surface area contributed by atoms with Crippen molar-refractivity contribution >= 4 is 15.9 Å². The van der Waals surface area contributed by atoms with Crippen LogP contribution in [0.5, 0.6) is 5.75 Å². The smallest absolute Gasteiger partial charge is 0.243 e. The third-order valence-corrected chi connectivity index (χ3v) is 7.83. The van der Waals surface area contributed by atoms with Gasteiger partial charge in [-0.3, -0.25) is 4.79 Å². The number of benzene rings is 1. The number of hydrogen-bond acceptors (Lipinski definition) is 5. The zero-order valence-electron chi connectivity index (χ0n) is 17.3. The van der Waals surface area contributed by atoms with Crippen molar-refractivity contribution in [1.82, 2.24) is 14.5 Å². The molecule has 1 aromatic carbocycles. The van der Waals surface area contributed by atoms with E-state index >= 15 is 0 Å². The summed E-state index contributed by atoms with van der Waals surface area (Å²) in [6.07, 6.45) is 5.99. The Kier molecular flexibility index (Phi) is 7.91. The lowest BCUT2D eigenvalue weighted by Crippen LogP contribution is -2.43. The minimum atomic E-state index is -3.53. The van der Waals surface area contributed by atoms with Crippen LogP contribution in [-0.4, -0.2) is 69.9 Å². The Morgan fingerprint density at radius 1 is 1.07 bits per heavy atom. The third-order valence-electron chi connectivity index (χ3n) is 5.92. The fraction of sp³-hybridized carbons (Fsp3) is 0.667. The summed E-state index contributed by atoms with van der Waals surface area (Å²) in [5.74, 6) is 0.581. The van der Waals surface area contributed by atoms with Gasteiger partial charge in [-0.2, -0.15) is 4.31 Å². The number of nitrogens with zero attached hydrogens (tertiary/aromatic N) is 2. The largest absolute Gasteiger partial charge is 0.497 e. The highest BCUT2D eigenvalue weighted by Crippen LogP contribution is 2.25. The fourth-order valence-corrected chi connectivity index (χ4v) is 5.57. The molecule has 0 bridgehead atoms. The maximum absolute atomic E-state index is 12.8. The molecular weight excluding hydrogens is 390 g/mol. The van der Waals surface area contributed by atoms with Crippen LogP contribution in [-0.2, 0) is 14.8 Å². The quantitative estimate of drug-likeness (QED) is 0.648. The van der Waals surface area contributed by atoms with Gasteiger partial charge >= 0.3 is 0 Å². The maximum atomic E-state index is 12.8. The number of carbonyl (C=O) groups excluding carboxylic acids is 1. The molecule has 1 N–H and O–H groups in total. The van der Waals surface area contributed by atoms with Gasteiger partial charge < -0.3 is 15.0 Å². The molecule has 2 saturated heterocycles. The molecule has 29 heavy (non-hydrogen) atoms. The summed E-state index contributed by atoms with van der Waals surface area (Å²) in [5, 5.41) is 3.04. The molecule has 3 rings (SSSR count). The van der Waals surface area contributed by atoms with Crippen molar-refractivity contribution in [2.75, 3.05) is 46.4 Å². The highest BCUT2D eigenvalue weighted by Gasteiger charge is 2.32. The molecule has 0 saturated carbocycles. The van der Waals surface area contributed by atoms with Crippen molar-refractivity contribution in [3.8, 4) is 5.75 Å². The lowest BCUT2D eigenvalue weighted by molar-refractivity contribution is -0.126. The van der Waals surface area contributed by atoms with E-state index in [1.807, 2.05) is 0 Å². The number of likely N-dealkylation sites (tertiary alicyclic amines) is 1. The maximum Gasteiger partial charge on any atom is 0.243 e. The Morgan fingerprint density at radius 2 is 1.72 bits per heavy atom. The van der Waals surface area contributed by atoms with Gasteiger partial charge in [-0.1, -0.05) is 6.42 Å². The van der Waals surface area contributed by atoms with Gasteiger partial charge in [-0.15, -0.1) is 0 Å². The average molecular weight is 424 g/mol. The summed E-state index contributed by atoms with van der Waals surface area (Å²) in [5.41, 5.74) is 0. The van der Waals surface area contributed by atoms with Crippen LogP contribution < -0.4 is 10.1 Å². The van der Waals surface area contributed by atoms with Crippen LogP contribution >= 0.6 is 0 Å². The summed E-state index contributed by atoms with van der Waals surface area (Å²) in [6, 6.07) is 6.43. The van der Waals surface area contributed by atoms with Gasteiger partial charge in [0.25, 0.3) is 0 Å². The Labute approximate surface area is 174 Å². The van der Waals surface area contributed by atoms with Gasteiger partial charge in [0.15, 0.2) is 0 Å². The number of piperidine rings is 2. The van der Waals surface area contributed by atoms with E-state index in [1.165, 1.54) is 36.7 Å². The van der Waals surface area contributed by atoms with E-state index in [4.69, 9.17) is 4.74 Å². The second kappa shape index (κ2) is 10.4. The highest BCUT2D eigenvalue weighted by molar-refractivity contribution is 7.89. The molecule has 0 spiro atoms. The molecule has 8 heteroatoms. The topological polar surface area (TPSA) is 79.0 Å². The highest BCUT2D eigenvalue weighted by atomic mass is 32.2. The van der Waals surface area contributed by atoms with Crippen LogP contribution in [0.25, 0.3) is 0 Å². The lowest BCUT2D eigenvalue weighted by atomic mass is 9.97. The summed E-state index contributed by atoms with van der Waals surface area (Å²) in [6.45, 7) is 4.84. The van der Waals surface area contributed by atoms with E-state index in [2.05, 4.69) is 10.2 Å². The molecule has 2 fully saturated rings. The first-order chi connectivity index (χ1) is 14.0. The number of hydrogen-bond donors (Lipinski definition) is 1. The summed E-state index contributed by atoms with van der Waals surface area (Å²) in [7, 11) is -1.98. The zero-order chi connectivity index (χ0) is 20.7. The van der Waals surface area contributed by atoms with Crippen LogP contribution in [0, 0.1) is 5.92 Å². The molecular formula is C21H33N3O4S. The van der Waals surface area contributed by atoms with Gasteiger partial charge in [0.05, 0.1) is 12.0 Å². The van der Waals surface area contributed by atoms with Gasteiger partial charge in [0, 0.05) is 25.6 Å². The van der Waals surface area contributed by atoms with Crippen molar-refractivity contribution < 1.29 is 17.9 Å². The lowest BCUT2D eigenvalue weighted by Gasteiger charge is -2.30. The van der Waals surface area contributed by atoms with Crippen molar-refractivity contribution in [3.05, 3.63) is 24.3 Å². The molecule has 1 aromatic rings. The first-order valence-corrected chi connectivity index (χ1v) is 12.1. The predicted octanol–water partition coefficient (Wildman–Crippen LogP) is 2.09. The number of nitrogens with one attached hydrogen (secondary N) is 1. The first kappa shape index (κ1) is 22.1. The molecule has 7 nitrogen and oxygen atoms in total. The minimum Gasteiger partial charge on any atom is -0.497 e. The molecule has 1 amide bonds. The number of methoxy groups -OCH3 is 1. The molecule has 2 aliphatic heterocycles. The first-order valence-electron chi connectivity index (χ1n) is 10.6. The molecule has 2 aliphatic rings. The van der Waals surface area contributed by atoms with Crippen LogP contribution in [0.2, 0.25) is 0 Å². The van der Waals surface area contributed by atoms with Crippen LogP contribution in [0.1, 0.15) is 38.5 Å². The fourth-order valence-electron chi connectivity index (χ4n) is 4.10. The number of carbonyl (C=O) groups is 1. The SMILES string of the molecule is COc1ccc(S(=O)(=O)N2CCC(C(=O)NCCCN3CCCCC3)CC2)cc1. The van der Waals surface area contributed by atoms with Gasteiger partial charge in [0.1, 0.15) is 5.75 Å². The number of ether oxygens (including phenoxy) is 1. The molecule has 0 unspecified atom stereocenters. The van der Waals surface area contributed by atoms with Crippen LogP contribution in [0.4, 0.5) is 0 Å². The van der Waals surface area contributed by atoms with E-state index in [0.29, 0.717) is 38.2 Å². The minimum absolute atomic E-state index is 0.0603. The van der Waals surface area contributed by atoms with E-state index < -0.39 is 10.0 Å². The Bertz CT molecular complexity index is 753. The van der Waals surface area contributed by atoms with E-state index in [0.717, 1.165) is 13.0 Å². The molecule has 0 aromatic heterocycles. The van der Waals surface area contributed by atoms with Crippen LogP contribution in [0.3, 0.4) is 0 Å². The number of rotatable bonds is 8. The van der Waals surface area contributed by atoms with Crippen molar-refractivity contribution in [2.24, 2.45) is 5.92 Å². The van der Waals surface area contributed by atoms with E-state index in [9.17, 15) is 13.2 Å². The Hall–Kier alpha value is -1.64. The second-order valence-corrected chi connectivity index (χ2v) is 9.84. The average Bonchev–Trinajstić information content (AvgIpc) is 2.77. The molecule has 0 radical (unpaired) electrons. The molecule has 2 heterocycles. The summed E-state index contributed by atoms with van der Waals surface area (Å²) < 4.78 is 32.2.